The van der Waals surface area contributed by atoms with Gasteiger partial charge in [-0.1, -0.05) is 18.2 Å². The van der Waals surface area contributed by atoms with E-state index in [1.54, 1.807) is 0 Å². The van der Waals surface area contributed by atoms with Crippen molar-refractivity contribution < 1.29 is 0 Å². The van der Waals surface area contributed by atoms with Crippen LogP contribution in [0.5, 0.6) is 0 Å². The van der Waals surface area contributed by atoms with Gasteiger partial charge in [-0.2, -0.15) is 0 Å². The van der Waals surface area contributed by atoms with Crippen LogP contribution in [0.15, 0.2) is 36.5 Å². The molecule has 17 heavy (non-hydrogen) atoms. The molecule has 1 aromatic carbocycles. The zero-order chi connectivity index (χ0) is 11.5. The third-order valence-electron chi connectivity index (χ3n) is 2.86. The van der Waals surface area contributed by atoms with Crippen molar-refractivity contribution in [3.63, 3.8) is 0 Å². The zero-order valence-electron chi connectivity index (χ0n) is 9.63. The maximum Gasteiger partial charge on any atom is 0.0894 e. The predicted octanol–water partition coefficient (Wildman–Crippen LogP) is 2.40. The first kappa shape index (κ1) is 10.4. The van der Waals surface area contributed by atoms with Gasteiger partial charge in [-0.15, -0.1) is 0 Å². The smallest absolute Gasteiger partial charge is 0.0894 e. The van der Waals surface area contributed by atoms with Crippen LogP contribution in [0.2, 0.25) is 0 Å². The van der Waals surface area contributed by atoms with Gasteiger partial charge in [0.2, 0.25) is 0 Å². The van der Waals surface area contributed by atoms with Gasteiger partial charge in [-0.05, 0) is 31.1 Å². The van der Waals surface area contributed by atoms with Gasteiger partial charge in [0.05, 0.1) is 22.9 Å². The lowest BCUT2D eigenvalue weighted by Crippen LogP contribution is -2.15. The summed E-state index contributed by atoms with van der Waals surface area (Å²) in [6.45, 7) is 0.916. The van der Waals surface area contributed by atoms with Gasteiger partial charge in [-0.3, -0.25) is 4.98 Å². The number of aromatic nitrogens is 2. The Labute approximate surface area is 101 Å². The van der Waals surface area contributed by atoms with Crippen LogP contribution in [0.4, 0.5) is 0 Å². The van der Waals surface area contributed by atoms with Crippen molar-refractivity contribution in [2.24, 2.45) is 0 Å². The zero-order valence-corrected chi connectivity index (χ0v) is 9.63. The van der Waals surface area contributed by atoms with E-state index >= 15 is 0 Å². The molecule has 3 nitrogen and oxygen atoms in total. The van der Waals surface area contributed by atoms with E-state index in [4.69, 9.17) is 0 Å². The molecule has 0 amide bonds. The summed E-state index contributed by atoms with van der Waals surface area (Å²) in [5.74, 6) is 0. The maximum absolute atomic E-state index is 4.53. The first-order chi connectivity index (χ1) is 8.42. The summed E-state index contributed by atoms with van der Waals surface area (Å²) >= 11 is 0. The Hall–Kier alpha value is -1.74. The van der Waals surface area contributed by atoms with Crippen molar-refractivity contribution >= 4 is 17.1 Å². The van der Waals surface area contributed by atoms with Crippen LogP contribution in [-0.2, 0) is 0 Å². The molecule has 1 fully saturated rings. The largest absolute Gasteiger partial charge is 0.311 e. The molecule has 0 radical (unpaired) electrons. The molecule has 1 N–H and O–H groups in total. The average molecular weight is 225 g/mol. The molecule has 0 saturated heterocycles. The highest BCUT2D eigenvalue weighted by molar-refractivity contribution is 5.74. The Bertz CT molecular complexity index is 544. The highest BCUT2D eigenvalue weighted by Gasteiger charge is 2.18. The summed E-state index contributed by atoms with van der Waals surface area (Å²) in [5.41, 5.74) is 2.81. The predicted molar refractivity (Wildman–Crippen MR) is 69.6 cm³/mol. The first-order valence-electron chi connectivity index (χ1n) is 6.03. The Morgan fingerprint density at radius 1 is 1.24 bits per heavy atom. The SMILES string of the molecule is C(=Cc1cnc2ccccc2n1)CNC1CC1. The standard InChI is InChI=1S/C14H15N3/c1-2-6-14-13(5-1)16-10-12(17-14)4-3-9-15-11-7-8-11/h1-6,10-11,15H,7-9H2. The molecule has 0 bridgehead atoms. The van der Waals surface area contributed by atoms with Crippen molar-refractivity contribution in [2.45, 2.75) is 18.9 Å². The van der Waals surface area contributed by atoms with E-state index in [2.05, 4.69) is 21.4 Å². The molecule has 1 heterocycles. The summed E-state index contributed by atoms with van der Waals surface area (Å²) in [7, 11) is 0. The van der Waals surface area contributed by atoms with E-state index in [1.807, 2.05) is 36.5 Å². The minimum atomic E-state index is 0.752. The number of para-hydroxylation sites is 2. The van der Waals surface area contributed by atoms with Gasteiger partial charge < -0.3 is 5.32 Å². The molecule has 2 aromatic rings. The van der Waals surface area contributed by atoms with Gasteiger partial charge in [-0.25, -0.2) is 4.98 Å². The second-order valence-corrected chi connectivity index (χ2v) is 4.37. The number of hydrogen-bond donors (Lipinski definition) is 1. The van der Waals surface area contributed by atoms with Gasteiger partial charge in [0.25, 0.3) is 0 Å². The minimum absolute atomic E-state index is 0.752. The van der Waals surface area contributed by atoms with E-state index in [-0.39, 0.29) is 0 Å². The summed E-state index contributed by atoms with van der Waals surface area (Å²) in [6, 6.07) is 8.68. The number of fused-ring (bicyclic) bond motifs is 1. The van der Waals surface area contributed by atoms with Gasteiger partial charge >= 0.3 is 0 Å². The molecule has 3 heteroatoms. The third-order valence-corrected chi connectivity index (χ3v) is 2.86. The Kier molecular flexibility index (Phi) is 2.84. The number of nitrogens with one attached hydrogen (secondary N) is 1. The van der Waals surface area contributed by atoms with E-state index in [0.717, 1.165) is 29.3 Å². The topological polar surface area (TPSA) is 37.8 Å². The number of nitrogens with zero attached hydrogens (tertiary/aromatic N) is 2. The van der Waals surface area contributed by atoms with Crippen LogP contribution < -0.4 is 5.32 Å². The van der Waals surface area contributed by atoms with Gasteiger partial charge in [0.15, 0.2) is 0 Å². The van der Waals surface area contributed by atoms with E-state index in [9.17, 15) is 0 Å². The first-order valence-corrected chi connectivity index (χ1v) is 6.03. The number of rotatable bonds is 4. The van der Waals surface area contributed by atoms with Crippen molar-refractivity contribution in [2.75, 3.05) is 6.54 Å². The molecule has 3 rings (SSSR count). The molecule has 1 aromatic heterocycles. The molecule has 0 unspecified atom stereocenters. The van der Waals surface area contributed by atoms with Crippen LogP contribution in [0.3, 0.4) is 0 Å². The fourth-order valence-corrected chi connectivity index (χ4v) is 1.75. The number of hydrogen-bond acceptors (Lipinski definition) is 3. The molecule has 0 aliphatic heterocycles. The van der Waals surface area contributed by atoms with Crippen LogP contribution in [0.25, 0.3) is 17.1 Å². The van der Waals surface area contributed by atoms with Crippen LogP contribution in [0, 0.1) is 0 Å². The van der Waals surface area contributed by atoms with E-state index < -0.39 is 0 Å². The van der Waals surface area contributed by atoms with Crippen LogP contribution in [0.1, 0.15) is 18.5 Å². The second-order valence-electron chi connectivity index (χ2n) is 4.37. The average Bonchev–Trinajstić information content (AvgIpc) is 3.18. The molecule has 86 valence electrons. The maximum atomic E-state index is 4.53. The van der Waals surface area contributed by atoms with Crippen molar-refractivity contribution in [3.8, 4) is 0 Å². The lowest BCUT2D eigenvalue weighted by molar-refractivity contribution is 0.754. The molecular weight excluding hydrogens is 210 g/mol. The quantitative estimate of drug-likeness (QED) is 0.868. The van der Waals surface area contributed by atoms with Crippen LogP contribution >= 0.6 is 0 Å². The summed E-state index contributed by atoms with van der Waals surface area (Å²) in [5, 5.41) is 3.43. The molecule has 1 saturated carbocycles. The Morgan fingerprint density at radius 3 is 2.88 bits per heavy atom. The number of benzene rings is 1. The second kappa shape index (κ2) is 4.63. The lowest BCUT2D eigenvalue weighted by atomic mass is 10.3. The lowest BCUT2D eigenvalue weighted by Gasteiger charge is -1.98. The molecule has 1 aliphatic rings. The highest BCUT2D eigenvalue weighted by Crippen LogP contribution is 2.18. The minimum Gasteiger partial charge on any atom is -0.311 e. The molecular formula is C14H15N3. The normalized spacial score (nSPS) is 15.8. The monoisotopic (exact) mass is 225 g/mol. The van der Waals surface area contributed by atoms with Crippen molar-refractivity contribution in [1.82, 2.24) is 15.3 Å². The fourth-order valence-electron chi connectivity index (χ4n) is 1.75. The summed E-state index contributed by atoms with van der Waals surface area (Å²) in [6.07, 6.45) is 8.59. The summed E-state index contributed by atoms with van der Waals surface area (Å²) < 4.78 is 0. The van der Waals surface area contributed by atoms with Crippen molar-refractivity contribution in [1.29, 1.82) is 0 Å². The van der Waals surface area contributed by atoms with E-state index in [1.165, 1.54) is 12.8 Å². The molecule has 0 atom stereocenters. The van der Waals surface area contributed by atoms with Gasteiger partial charge in [0.1, 0.15) is 0 Å². The Morgan fingerprint density at radius 2 is 2.06 bits per heavy atom. The molecule has 0 spiro atoms. The van der Waals surface area contributed by atoms with Crippen molar-refractivity contribution in [3.05, 3.63) is 42.2 Å². The Balaban J connectivity index is 1.71. The highest BCUT2D eigenvalue weighted by atomic mass is 14.9. The van der Waals surface area contributed by atoms with E-state index in [0.29, 0.717) is 0 Å². The third kappa shape index (κ3) is 2.68. The summed E-state index contributed by atoms with van der Waals surface area (Å²) in [4.78, 5) is 8.90. The fraction of sp³-hybridized carbons (Fsp3) is 0.286. The molecule has 1 aliphatic carbocycles. The van der Waals surface area contributed by atoms with Crippen LogP contribution in [-0.4, -0.2) is 22.6 Å². The van der Waals surface area contributed by atoms with Gasteiger partial charge in [0, 0.05) is 12.6 Å².